The highest BCUT2D eigenvalue weighted by Gasteiger charge is 2.19. The summed E-state index contributed by atoms with van der Waals surface area (Å²) in [6.45, 7) is 7.73. The molecule has 7 nitrogen and oxygen atoms in total. The van der Waals surface area contributed by atoms with Gasteiger partial charge in [-0.3, -0.25) is 14.7 Å². The van der Waals surface area contributed by atoms with Crippen molar-refractivity contribution in [2.45, 2.75) is 25.4 Å². The molecule has 0 unspecified atom stereocenters. The molecule has 7 heteroatoms. The van der Waals surface area contributed by atoms with Crippen LogP contribution in [0.25, 0.3) is 11.3 Å². The summed E-state index contributed by atoms with van der Waals surface area (Å²) in [5.41, 5.74) is 5.33. The van der Waals surface area contributed by atoms with Gasteiger partial charge in [-0.05, 0) is 62.8 Å². The number of benzene rings is 2. The van der Waals surface area contributed by atoms with Crippen molar-refractivity contribution in [1.29, 1.82) is 0 Å². The minimum atomic E-state index is -0.0298. The largest absolute Gasteiger partial charge is 0.369 e. The Balaban J connectivity index is 1.04. The summed E-state index contributed by atoms with van der Waals surface area (Å²) in [5.74, 6) is -0.0298. The molecule has 37 heavy (non-hydrogen) atoms. The number of likely N-dealkylation sites (N-methyl/N-ethyl adjacent to an activating group) is 1. The Morgan fingerprint density at radius 3 is 2.30 bits per heavy atom. The second kappa shape index (κ2) is 12.3. The normalized spacial score (nSPS) is 17.6. The molecule has 1 aromatic heterocycles. The van der Waals surface area contributed by atoms with E-state index in [0.717, 1.165) is 75.6 Å². The minimum absolute atomic E-state index is 0.0298. The van der Waals surface area contributed by atoms with Crippen LogP contribution in [0.4, 0.5) is 11.4 Å². The fraction of sp³-hybridized carbons (Fsp3) is 0.400. The van der Waals surface area contributed by atoms with Crippen molar-refractivity contribution in [3.05, 3.63) is 78.5 Å². The van der Waals surface area contributed by atoms with Crippen molar-refractivity contribution in [2.24, 2.45) is 0 Å². The molecule has 0 radical (unpaired) electrons. The molecule has 194 valence electrons. The molecule has 0 aliphatic carbocycles. The van der Waals surface area contributed by atoms with E-state index in [-0.39, 0.29) is 5.91 Å². The van der Waals surface area contributed by atoms with Crippen molar-refractivity contribution >= 4 is 17.3 Å². The zero-order chi connectivity index (χ0) is 25.5. The Bertz CT molecular complexity index is 1120. The average molecular weight is 499 g/mol. The Kier molecular flexibility index (Phi) is 8.46. The van der Waals surface area contributed by atoms with Crippen LogP contribution in [0.15, 0.2) is 72.9 Å². The predicted molar refractivity (Wildman–Crippen MR) is 151 cm³/mol. The zero-order valence-corrected chi connectivity index (χ0v) is 21.8. The lowest BCUT2D eigenvalue weighted by molar-refractivity contribution is -0.115. The van der Waals surface area contributed by atoms with Crippen molar-refractivity contribution in [2.75, 3.05) is 63.1 Å². The molecule has 2 N–H and O–H groups in total. The lowest BCUT2D eigenvalue weighted by atomic mass is 10.0. The molecule has 5 rings (SSSR count). The fourth-order valence-corrected chi connectivity index (χ4v) is 5.13. The molecule has 0 saturated carbocycles. The molecular weight excluding hydrogens is 460 g/mol. The van der Waals surface area contributed by atoms with Gasteiger partial charge in [-0.15, -0.1) is 0 Å². The number of rotatable bonds is 8. The summed E-state index contributed by atoms with van der Waals surface area (Å²) >= 11 is 0. The van der Waals surface area contributed by atoms with Gasteiger partial charge in [0.1, 0.15) is 0 Å². The van der Waals surface area contributed by atoms with E-state index in [1.165, 1.54) is 11.3 Å². The van der Waals surface area contributed by atoms with E-state index >= 15 is 0 Å². The lowest BCUT2D eigenvalue weighted by Gasteiger charge is -2.34. The van der Waals surface area contributed by atoms with Gasteiger partial charge >= 0.3 is 0 Å². The summed E-state index contributed by atoms with van der Waals surface area (Å²) in [5, 5.41) is 6.40. The number of nitrogens with zero attached hydrogens (tertiary/aromatic N) is 4. The first-order valence-electron chi connectivity index (χ1n) is 13.4. The minimum Gasteiger partial charge on any atom is -0.369 e. The Labute approximate surface area is 220 Å². The van der Waals surface area contributed by atoms with Crippen LogP contribution in [-0.4, -0.2) is 79.6 Å². The molecule has 2 fully saturated rings. The van der Waals surface area contributed by atoms with Gasteiger partial charge in [0.05, 0.1) is 24.1 Å². The number of nitrogens with one attached hydrogen (secondary N) is 2. The molecular formula is C30H38N6O. The zero-order valence-electron chi connectivity index (χ0n) is 21.8. The van der Waals surface area contributed by atoms with Gasteiger partial charge in [-0.1, -0.05) is 42.5 Å². The van der Waals surface area contributed by atoms with Crippen LogP contribution in [0.1, 0.15) is 18.4 Å². The van der Waals surface area contributed by atoms with Crippen LogP contribution in [0.2, 0.25) is 0 Å². The second-order valence-corrected chi connectivity index (χ2v) is 10.2. The van der Waals surface area contributed by atoms with Gasteiger partial charge in [-0.25, -0.2) is 0 Å². The van der Waals surface area contributed by atoms with E-state index in [0.29, 0.717) is 12.6 Å². The summed E-state index contributed by atoms with van der Waals surface area (Å²) in [7, 11) is 2.17. The van der Waals surface area contributed by atoms with Gasteiger partial charge in [0.15, 0.2) is 0 Å². The molecule has 2 saturated heterocycles. The SMILES string of the molecule is CN1CCN(c2ccc(-c3ccc(NC(=O)CNC4CCN(Cc5ccccc5)CC4)cn3)cc2)CC1. The van der Waals surface area contributed by atoms with Crippen LogP contribution in [-0.2, 0) is 11.3 Å². The summed E-state index contributed by atoms with van der Waals surface area (Å²) in [4.78, 5) is 24.4. The summed E-state index contributed by atoms with van der Waals surface area (Å²) < 4.78 is 0. The fourth-order valence-electron chi connectivity index (χ4n) is 5.13. The maximum absolute atomic E-state index is 12.5. The molecule has 3 heterocycles. The van der Waals surface area contributed by atoms with Crippen LogP contribution in [0, 0.1) is 0 Å². The van der Waals surface area contributed by atoms with Crippen LogP contribution < -0.4 is 15.5 Å². The maximum Gasteiger partial charge on any atom is 0.238 e. The topological polar surface area (TPSA) is 63.7 Å². The van der Waals surface area contributed by atoms with E-state index in [1.807, 2.05) is 12.1 Å². The van der Waals surface area contributed by atoms with Crippen molar-refractivity contribution < 1.29 is 4.79 Å². The number of anilines is 2. The first-order valence-corrected chi connectivity index (χ1v) is 13.4. The maximum atomic E-state index is 12.5. The molecule has 2 aliphatic rings. The number of hydrogen-bond donors (Lipinski definition) is 2. The number of piperidine rings is 1. The van der Waals surface area contributed by atoms with Crippen molar-refractivity contribution in [3.8, 4) is 11.3 Å². The third-order valence-electron chi connectivity index (χ3n) is 7.47. The number of carbonyl (C=O) groups excluding carboxylic acids is 1. The van der Waals surface area contributed by atoms with Crippen LogP contribution in [0.3, 0.4) is 0 Å². The number of piperazine rings is 1. The van der Waals surface area contributed by atoms with Gasteiger partial charge in [0, 0.05) is 50.0 Å². The summed E-state index contributed by atoms with van der Waals surface area (Å²) in [6, 6.07) is 23.5. The molecule has 0 atom stereocenters. The van der Waals surface area contributed by atoms with Crippen molar-refractivity contribution in [3.63, 3.8) is 0 Å². The van der Waals surface area contributed by atoms with E-state index < -0.39 is 0 Å². The molecule has 3 aromatic rings. The highest BCUT2D eigenvalue weighted by atomic mass is 16.1. The number of aromatic nitrogens is 1. The van der Waals surface area contributed by atoms with Crippen LogP contribution >= 0.6 is 0 Å². The third kappa shape index (κ3) is 7.16. The molecule has 2 aromatic carbocycles. The van der Waals surface area contributed by atoms with Gasteiger partial charge in [0.2, 0.25) is 5.91 Å². The third-order valence-corrected chi connectivity index (χ3v) is 7.47. The molecule has 1 amide bonds. The number of likely N-dealkylation sites (tertiary alicyclic amines) is 1. The standard InChI is InChI=1S/C30H38N6O/c1-34-17-19-36(20-18-34)28-10-7-25(8-11-28)29-12-9-27(21-32-29)33-30(37)22-31-26-13-15-35(16-14-26)23-24-5-3-2-4-6-24/h2-12,21,26,31H,13-20,22-23H2,1H3,(H,33,37). The quantitative estimate of drug-likeness (QED) is 0.494. The number of pyridine rings is 1. The monoisotopic (exact) mass is 498 g/mol. The Hall–Kier alpha value is -3.26. The lowest BCUT2D eigenvalue weighted by Crippen LogP contribution is -2.44. The van der Waals surface area contributed by atoms with E-state index in [2.05, 4.69) is 92.0 Å². The first kappa shape index (κ1) is 25.4. The van der Waals surface area contributed by atoms with E-state index in [4.69, 9.17) is 0 Å². The van der Waals surface area contributed by atoms with Gasteiger partial charge in [0.25, 0.3) is 0 Å². The predicted octanol–water partition coefficient (Wildman–Crippen LogP) is 3.69. The molecule has 0 bridgehead atoms. The van der Waals surface area contributed by atoms with Gasteiger partial charge in [-0.2, -0.15) is 0 Å². The Morgan fingerprint density at radius 2 is 1.62 bits per heavy atom. The highest BCUT2D eigenvalue weighted by Crippen LogP contribution is 2.23. The van der Waals surface area contributed by atoms with Gasteiger partial charge < -0.3 is 20.4 Å². The first-order chi connectivity index (χ1) is 18.1. The highest BCUT2D eigenvalue weighted by molar-refractivity contribution is 5.92. The number of hydrogen-bond acceptors (Lipinski definition) is 6. The van der Waals surface area contributed by atoms with E-state index in [9.17, 15) is 4.79 Å². The molecule has 2 aliphatic heterocycles. The average Bonchev–Trinajstić information content (AvgIpc) is 2.94. The molecule has 0 spiro atoms. The Morgan fingerprint density at radius 1 is 0.892 bits per heavy atom. The second-order valence-electron chi connectivity index (χ2n) is 10.2. The smallest absolute Gasteiger partial charge is 0.238 e. The number of carbonyl (C=O) groups is 1. The van der Waals surface area contributed by atoms with Crippen molar-refractivity contribution in [1.82, 2.24) is 20.1 Å². The number of amides is 1. The van der Waals surface area contributed by atoms with Crippen LogP contribution in [0.5, 0.6) is 0 Å². The summed E-state index contributed by atoms with van der Waals surface area (Å²) in [6.07, 6.45) is 3.86. The van der Waals surface area contributed by atoms with E-state index in [1.54, 1.807) is 6.20 Å².